The Morgan fingerprint density at radius 2 is 1.73 bits per heavy atom. The van der Waals surface area contributed by atoms with E-state index in [0.29, 0.717) is 5.41 Å². The summed E-state index contributed by atoms with van der Waals surface area (Å²) in [6.45, 7) is 4.82. The lowest BCUT2D eigenvalue weighted by atomic mass is 9.45. The number of rotatable bonds is 1. The Morgan fingerprint density at radius 3 is 2.20 bits per heavy atom. The second-order valence-corrected chi connectivity index (χ2v) is 6.72. The molecule has 4 aliphatic carbocycles. The molecule has 0 saturated heterocycles. The van der Waals surface area contributed by atoms with Crippen LogP contribution in [-0.2, 0) is 0 Å². The fraction of sp³-hybridized carbons (Fsp3) is 0.867. The van der Waals surface area contributed by atoms with Crippen LogP contribution in [-0.4, -0.2) is 0 Å². The van der Waals surface area contributed by atoms with Gasteiger partial charge in [0, 0.05) is 5.41 Å². The highest BCUT2D eigenvalue weighted by molar-refractivity contribution is 5.16. The molecule has 4 rings (SSSR count). The molecule has 15 heavy (non-hydrogen) atoms. The summed E-state index contributed by atoms with van der Waals surface area (Å²) in [5, 5.41) is 0. The van der Waals surface area contributed by atoms with E-state index in [0.717, 1.165) is 29.6 Å². The van der Waals surface area contributed by atoms with Gasteiger partial charge < -0.3 is 0 Å². The minimum Gasteiger partial charge on any atom is -0.120 e. The van der Waals surface area contributed by atoms with Gasteiger partial charge in [0.15, 0.2) is 0 Å². The van der Waals surface area contributed by atoms with Crippen molar-refractivity contribution in [3.05, 3.63) is 0 Å². The smallest absolute Gasteiger partial charge is 0.0320 e. The summed E-state index contributed by atoms with van der Waals surface area (Å²) in [5.41, 5.74) is 0.335. The van der Waals surface area contributed by atoms with Gasteiger partial charge in [0.05, 0.1) is 0 Å². The lowest BCUT2D eigenvalue weighted by molar-refractivity contribution is -0.0832. The summed E-state index contributed by atoms with van der Waals surface area (Å²) in [4.78, 5) is 0. The molecule has 0 aromatic rings. The van der Waals surface area contributed by atoms with Crippen molar-refractivity contribution in [1.29, 1.82) is 0 Å². The van der Waals surface area contributed by atoms with E-state index in [1.54, 1.807) is 0 Å². The Morgan fingerprint density at radius 1 is 1.13 bits per heavy atom. The summed E-state index contributed by atoms with van der Waals surface area (Å²) in [6, 6.07) is 0. The quantitative estimate of drug-likeness (QED) is 0.568. The molecule has 4 saturated carbocycles. The molecule has 0 aliphatic heterocycles. The second-order valence-electron chi connectivity index (χ2n) is 6.72. The SMILES string of the molecule is C#CC12CC3CC(C1)C(C(C)C)C(C3)C2. The molecule has 0 amide bonds. The van der Waals surface area contributed by atoms with E-state index >= 15 is 0 Å². The van der Waals surface area contributed by atoms with Crippen LogP contribution >= 0.6 is 0 Å². The van der Waals surface area contributed by atoms with Gasteiger partial charge >= 0.3 is 0 Å². The zero-order valence-corrected chi connectivity index (χ0v) is 10.00. The predicted molar refractivity (Wildman–Crippen MR) is 63.1 cm³/mol. The Hall–Kier alpha value is -0.440. The van der Waals surface area contributed by atoms with Crippen molar-refractivity contribution in [1.82, 2.24) is 0 Å². The van der Waals surface area contributed by atoms with Gasteiger partial charge in [-0.1, -0.05) is 19.8 Å². The van der Waals surface area contributed by atoms with Gasteiger partial charge in [0.2, 0.25) is 0 Å². The molecular formula is C15H22. The highest BCUT2D eigenvalue weighted by atomic mass is 14.6. The predicted octanol–water partition coefficient (Wildman–Crippen LogP) is 3.72. The van der Waals surface area contributed by atoms with E-state index in [1.807, 2.05) is 0 Å². The molecule has 4 bridgehead atoms. The van der Waals surface area contributed by atoms with E-state index in [4.69, 9.17) is 6.42 Å². The summed E-state index contributed by atoms with van der Waals surface area (Å²) in [6.07, 6.45) is 12.8. The van der Waals surface area contributed by atoms with Gasteiger partial charge in [-0.05, 0) is 61.7 Å². The van der Waals surface area contributed by atoms with Crippen molar-refractivity contribution >= 4 is 0 Å². The Labute approximate surface area is 93.8 Å². The lowest BCUT2D eigenvalue weighted by Crippen LogP contribution is -2.51. The van der Waals surface area contributed by atoms with Crippen LogP contribution < -0.4 is 0 Å². The summed E-state index contributed by atoms with van der Waals surface area (Å²) >= 11 is 0. The van der Waals surface area contributed by atoms with Crippen molar-refractivity contribution < 1.29 is 0 Å². The average molecular weight is 202 g/mol. The molecule has 2 unspecified atom stereocenters. The van der Waals surface area contributed by atoms with E-state index in [-0.39, 0.29) is 0 Å². The molecule has 0 N–H and O–H groups in total. The number of hydrogen-bond donors (Lipinski definition) is 0. The van der Waals surface area contributed by atoms with Crippen molar-refractivity contribution in [2.24, 2.45) is 35.0 Å². The largest absolute Gasteiger partial charge is 0.120 e. The zero-order valence-electron chi connectivity index (χ0n) is 10.00. The molecule has 0 radical (unpaired) electrons. The van der Waals surface area contributed by atoms with Gasteiger partial charge in [0.25, 0.3) is 0 Å². The molecule has 4 fully saturated rings. The molecule has 0 aromatic heterocycles. The third-order valence-electron chi connectivity index (χ3n) is 5.42. The lowest BCUT2D eigenvalue weighted by Gasteiger charge is -2.59. The Kier molecular flexibility index (Phi) is 1.97. The number of terminal acetylenes is 1. The first kappa shape index (κ1) is 9.76. The molecule has 2 atom stereocenters. The first-order valence-electron chi connectivity index (χ1n) is 6.61. The van der Waals surface area contributed by atoms with E-state index in [1.165, 1.54) is 32.1 Å². The number of hydrogen-bond acceptors (Lipinski definition) is 0. The summed E-state index contributed by atoms with van der Waals surface area (Å²) in [5.74, 6) is 7.94. The van der Waals surface area contributed by atoms with Gasteiger partial charge in [-0.25, -0.2) is 0 Å². The molecule has 4 aliphatic rings. The summed E-state index contributed by atoms with van der Waals surface area (Å²) < 4.78 is 0. The van der Waals surface area contributed by atoms with Crippen molar-refractivity contribution in [2.75, 3.05) is 0 Å². The Bertz CT molecular complexity index is 290. The molecule has 82 valence electrons. The fourth-order valence-electron chi connectivity index (χ4n) is 5.33. The summed E-state index contributed by atoms with van der Waals surface area (Å²) in [7, 11) is 0. The van der Waals surface area contributed by atoms with Crippen LogP contribution in [0.2, 0.25) is 0 Å². The van der Waals surface area contributed by atoms with E-state index in [9.17, 15) is 0 Å². The first-order valence-corrected chi connectivity index (χ1v) is 6.61. The zero-order chi connectivity index (χ0) is 10.6. The fourth-order valence-corrected chi connectivity index (χ4v) is 5.33. The minimum absolute atomic E-state index is 0.335. The van der Waals surface area contributed by atoms with Gasteiger partial charge in [-0.15, -0.1) is 6.42 Å². The van der Waals surface area contributed by atoms with Crippen molar-refractivity contribution in [3.63, 3.8) is 0 Å². The monoisotopic (exact) mass is 202 g/mol. The maximum absolute atomic E-state index is 5.80. The van der Waals surface area contributed by atoms with Crippen LogP contribution in [0.4, 0.5) is 0 Å². The maximum atomic E-state index is 5.80. The van der Waals surface area contributed by atoms with Gasteiger partial charge in [-0.2, -0.15) is 0 Å². The third kappa shape index (κ3) is 1.28. The third-order valence-corrected chi connectivity index (χ3v) is 5.42. The van der Waals surface area contributed by atoms with E-state index < -0.39 is 0 Å². The van der Waals surface area contributed by atoms with E-state index in [2.05, 4.69) is 19.8 Å². The van der Waals surface area contributed by atoms with Crippen molar-refractivity contribution in [3.8, 4) is 12.3 Å². The highest BCUT2D eigenvalue weighted by Crippen LogP contribution is 2.63. The molecular weight excluding hydrogens is 180 g/mol. The Balaban J connectivity index is 1.92. The standard InChI is InChI=1S/C15H22/c1-4-15-7-11-5-12(8-15)14(10(2)3)13(6-11)9-15/h1,10-14H,5-9H2,2-3H3. The van der Waals surface area contributed by atoms with Gasteiger partial charge in [0.1, 0.15) is 0 Å². The first-order chi connectivity index (χ1) is 7.13. The van der Waals surface area contributed by atoms with Gasteiger partial charge in [-0.3, -0.25) is 0 Å². The van der Waals surface area contributed by atoms with Crippen LogP contribution in [0.1, 0.15) is 46.0 Å². The normalized spacial score (nSPS) is 52.1. The van der Waals surface area contributed by atoms with Crippen LogP contribution in [0, 0.1) is 47.3 Å². The highest BCUT2D eigenvalue weighted by Gasteiger charge is 2.54. The van der Waals surface area contributed by atoms with Crippen LogP contribution in [0.5, 0.6) is 0 Å². The topological polar surface area (TPSA) is 0 Å². The molecule has 0 nitrogen and oxygen atoms in total. The van der Waals surface area contributed by atoms with Crippen LogP contribution in [0.25, 0.3) is 0 Å². The minimum atomic E-state index is 0.335. The maximum Gasteiger partial charge on any atom is 0.0320 e. The van der Waals surface area contributed by atoms with Crippen LogP contribution in [0.3, 0.4) is 0 Å². The van der Waals surface area contributed by atoms with Crippen LogP contribution in [0.15, 0.2) is 0 Å². The molecule has 0 spiro atoms. The molecule has 0 heteroatoms. The molecule has 0 aromatic carbocycles. The second kappa shape index (κ2) is 3.03. The van der Waals surface area contributed by atoms with Crippen molar-refractivity contribution in [2.45, 2.75) is 46.0 Å². The average Bonchev–Trinajstić information content (AvgIpc) is 2.15. The molecule has 0 heterocycles.